The van der Waals surface area contributed by atoms with E-state index in [1.807, 2.05) is 30.3 Å². The molecule has 0 amide bonds. The molecule has 1 aliphatic rings. The Morgan fingerprint density at radius 2 is 1.83 bits per heavy atom. The molecule has 0 saturated carbocycles. The van der Waals surface area contributed by atoms with E-state index in [1.165, 1.54) is 6.08 Å². The van der Waals surface area contributed by atoms with Gasteiger partial charge in [-0.05, 0) is 12.5 Å². The van der Waals surface area contributed by atoms with Gasteiger partial charge in [0.1, 0.15) is 5.76 Å². The molecule has 5 heteroatoms. The molecule has 0 aromatic heterocycles. The van der Waals surface area contributed by atoms with Crippen LogP contribution in [-0.4, -0.2) is 29.1 Å². The molecule has 0 unspecified atom stereocenters. The summed E-state index contributed by atoms with van der Waals surface area (Å²) < 4.78 is 16.4. The van der Waals surface area contributed by atoms with Gasteiger partial charge in [0, 0.05) is 19.8 Å². The van der Waals surface area contributed by atoms with E-state index in [-0.39, 0.29) is 5.92 Å². The Balaban J connectivity index is 1.95. The number of hydrogen-bond donors (Lipinski definition) is 1. The summed E-state index contributed by atoms with van der Waals surface area (Å²) in [4.78, 5) is 11.6. The van der Waals surface area contributed by atoms with Gasteiger partial charge in [0.15, 0.2) is 0 Å². The summed E-state index contributed by atoms with van der Waals surface area (Å²) >= 11 is 0. The number of carbonyl (C=O) groups is 1. The fourth-order valence-electron chi connectivity index (χ4n) is 2.42. The number of rotatable bonds is 6. The minimum absolute atomic E-state index is 0.382. The average Bonchev–Trinajstić information content (AvgIpc) is 2.50. The van der Waals surface area contributed by atoms with Crippen molar-refractivity contribution in [3.63, 3.8) is 0 Å². The molecule has 2 rings (SSSR count). The van der Waals surface area contributed by atoms with E-state index in [4.69, 9.17) is 14.2 Å². The van der Waals surface area contributed by atoms with E-state index in [0.717, 1.165) is 5.56 Å². The second kappa shape index (κ2) is 7.15. The minimum Gasteiger partial charge on any atom is -0.456 e. The molecule has 1 aromatic rings. The first-order valence-electron chi connectivity index (χ1n) is 7.75. The monoisotopic (exact) mass is 320 g/mol. The first-order chi connectivity index (χ1) is 10.8. The standard InChI is InChI=1S/C18H24O5/c1-12(15-10-16(19)23-18(3,4)22-15)17(20)13(2)21-11-14-8-6-5-7-9-14/h5-10,12-13,17,20H,11H2,1-4H3/t12-,13-,17-/m0/s1. The molecule has 5 nitrogen and oxygen atoms in total. The Morgan fingerprint density at radius 1 is 1.17 bits per heavy atom. The van der Waals surface area contributed by atoms with Crippen LogP contribution in [0.25, 0.3) is 0 Å². The SMILES string of the molecule is C[C@H](OCc1ccccc1)[C@@H](O)[C@@H](C)C1=CC(=O)OC(C)(C)O1. The van der Waals surface area contributed by atoms with Crippen LogP contribution in [0.5, 0.6) is 0 Å². The molecule has 3 atom stereocenters. The van der Waals surface area contributed by atoms with Crippen LogP contribution in [0.15, 0.2) is 42.2 Å². The Bertz CT molecular complexity index is 564. The lowest BCUT2D eigenvalue weighted by Gasteiger charge is -2.35. The Labute approximate surface area is 136 Å². The zero-order valence-corrected chi connectivity index (χ0v) is 14.0. The van der Waals surface area contributed by atoms with Gasteiger partial charge >= 0.3 is 5.97 Å². The highest BCUT2D eigenvalue weighted by atomic mass is 16.7. The highest BCUT2D eigenvalue weighted by Crippen LogP contribution is 2.29. The van der Waals surface area contributed by atoms with Crippen LogP contribution in [0.1, 0.15) is 33.3 Å². The van der Waals surface area contributed by atoms with Crippen LogP contribution >= 0.6 is 0 Å². The normalized spacial score (nSPS) is 20.7. The van der Waals surface area contributed by atoms with Crippen molar-refractivity contribution in [2.45, 2.75) is 52.3 Å². The number of cyclic esters (lactones) is 1. The molecule has 23 heavy (non-hydrogen) atoms. The third-order valence-corrected chi connectivity index (χ3v) is 3.77. The summed E-state index contributed by atoms with van der Waals surface area (Å²) in [5.74, 6) is -1.46. The van der Waals surface area contributed by atoms with Gasteiger partial charge in [-0.1, -0.05) is 37.3 Å². The molecule has 1 heterocycles. The number of esters is 1. The second-order valence-corrected chi connectivity index (χ2v) is 6.25. The maximum absolute atomic E-state index is 11.6. The number of aliphatic hydroxyl groups is 1. The molecule has 0 bridgehead atoms. The van der Waals surface area contributed by atoms with E-state index < -0.39 is 24.0 Å². The van der Waals surface area contributed by atoms with Crippen LogP contribution < -0.4 is 0 Å². The van der Waals surface area contributed by atoms with Gasteiger partial charge in [-0.15, -0.1) is 0 Å². The molecule has 0 radical (unpaired) electrons. The van der Waals surface area contributed by atoms with Gasteiger partial charge in [-0.2, -0.15) is 0 Å². The molecule has 0 fully saturated rings. The molecular formula is C18H24O5. The predicted molar refractivity (Wildman–Crippen MR) is 85.2 cm³/mol. The highest BCUT2D eigenvalue weighted by molar-refractivity contribution is 5.83. The lowest BCUT2D eigenvalue weighted by atomic mass is 9.97. The van der Waals surface area contributed by atoms with Crippen molar-refractivity contribution in [2.24, 2.45) is 5.92 Å². The largest absolute Gasteiger partial charge is 0.456 e. The number of benzene rings is 1. The lowest BCUT2D eigenvalue weighted by molar-refractivity contribution is -0.210. The van der Waals surface area contributed by atoms with Gasteiger partial charge in [0.05, 0.1) is 24.9 Å². The molecule has 0 spiro atoms. The summed E-state index contributed by atoms with van der Waals surface area (Å²) in [7, 11) is 0. The number of carbonyl (C=O) groups excluding carboxylic acids is 1. The number of ether oxygens (including phenoxy) is 3. The third-order valence-electron chi connectivity index (χ3n) is 3.77. The van der Waals surface area contributed by atoms with Gasteiger partial charge in [-0.25, -0.2) is 4.79 Å². The summed E-state index contributed by atoms with van der Waals surface area (Å²) in [6.07, 6.45) is 0.0747. The van der Waals surface area contributed by atoms with Gasteiger partial charge in [-0.3, -0.25) is 0 Å². The van der Waals surface area contributed by atoms with Gasteiger partial charge in [0.25, 0.3) is 0 Å². The third kappa shape index (κ3) is 4.81. The first kappa shape index (κ1) is 17.5. The maximum Gasteiger partial charge on any atom is 0.337 e. The Kier molecular flexibility index (Phi) is 5.44. The lowest BCUT2D eigenvalue weighted by Crippen LogP contribution is -2.40. The predicted octanol–water partition coefficient (Wildman–Crippen LogP) is 2.78. The van der Waals surface area contributed by atoms with Crippen LogP contribution in [0.3, 0.4) is 0 Å². The second-order valence-electron chi connectivity index (χ2n) is 6.25. The summed E-state index contributed by atoms with van der Waals surface area (Å²) in [5.41, 5.74) is 1.04. The smallest absolute Gasteiger partial charge is 0.337 e. The minimum atomic E-state index is -1.02. The van der Waals surface area contributed by atoms with Crippen LogP contribution in [0.2, 0.25) is 0 Å². The molecule has 0 aliphatic carbocycles. The van der Waals surface area contributed by atoms with E-state index >= 15 is 0 Å². The van der Waals surface area contributed by atoms with E-state index in [1.54, 1.807) is 27.7 Å². The fourth-order valence-corrected chi connectivity index (χ4v) is 2.42. The van der Waals surface area contributed by atoms with Crippen molar-refractivity contribution >= 4 is 5.97 Å². The zero-order chi connectivity index (χ0) is 17.0. The van der Waals surface area contributed by atoms with Crippen molar-refractivity contribution in [1.29, 1.82) is 0 Å². The first-order valence-corrected chi connectivity index (χ1v) is 7.75. The van der Waals surface area contributed by atoms with Gasteiger partial charge < -0.3 is 19.3 Å². The summed E-state index contributed by atoms with van der Waals surface area (Å²) in [5, 5.41) is 10.5. The van der Waals surface area contributed by atoms with Crippen LogP contribution in [-0.2, 0) is 25.6 Å². The Hall–Kier alpha value is -1.85. The fraction of sp³-hybridized carbons (Fsp3) is 0.500. The molecule has 1 N–H and O–H groups in total. The average molecular weight is 320 g/mol. The molecular weight excluding hydrogens is 296 g/mol. The van der Waals surface area contributed by atoms with Gasteiger partial charge in [0.2, 0.25) is 5.79 Å². The van der Waals surface area contributed by atoms with Crippen molar-refractivity contribution in [2.75, 3.05) is 0 Å². The quantitative estimate of drug-likeness (QED) is 0.817. The number of aliphatic hydroxyl groups excluding tert-OH is 1. The van der Waals surface area contributed by atoms with Crippen molar-refractivity contribution < 1.29 is 24.1 Å². The zero-order valence-electron chi connectivity index (χ0n) is 14.0. The molecule has 126 valence electrons. The van der Waals surface area contributed by atoms with Crippen molar-refractivity contribution in [3.8, 4) is 0 Å². The number of hydrogen-bond acceptors (Lipinski definition) is 5. The highest BCUT2D eigenvalue weighted by Gasteiger charge is 2.35. The van der Waals surface area contributed by atoms with E-state index in [0.29, 0.717) is 12.4 Å². The molecule has 0 saturated heterocycles. The summed E-state index contributed by atoms with van der Waals surface area (Å²) in [6.45, 7) is 7.34. The topological polar surface area (TPSA) is 65.0 Å². The summed E-state index contributed by atoms with van der Waals surface area (Å²) in [6, 6.07) is 9.76. The Morgan fingerprint density at radius 3 is 2.43 bits per heavy atom. The van der Waals surface area contributed by atoms with E-state index in [2.05, 4.69) is 0 Å². The van der Waals surface area contributed by atoms with Crippen molar-refractivity contribution in [1.82, 2.24) is 0 Å². The van der Waals surface area contributed by atoms with Crippen molar-refractivity contribution in [3.05, 3.63) is 47.7 Å². The molecule has 1 aliphatic heterocycles. The van der Waals surface area contributed by atoms with Crippen LogP contribution in [0, 0.1) is 5.92 Å². The molecule has 1 aromatic carbocycles. The van der Waals surface area contributed by atoms with E-state index in [9.17, 15) is 9.90 Å². The maximum atomic E-state index is 11.6. The van der Waals surface area contributed by atoms with Crippen LogP contribution in [0.4, 0.5) is 0 Å².